The summed E-state index contributed by atoms with van der Waals surface area (Å²) in [5, 5.41) is 6.28. The van der Waals surface area contributed by atoms with Crippen molar-refractivity contribution in [3.63, 3.8) is 0 Å². The second kappa shape index (κ2) is 8.90. The first-order valence-electron chi connectivity index (χ1n) is 14.6. The topological polar surface area (TPSA) is 43.2 Å². The predicted octanol–water partition coefficient (Wildman–Crippen LogP) is 8.89. The number of rotatable bonds is 5. The summed E-state index contributed by atoms with van der Waals surface area (Å²) in [6.07, 6.45) is 8.66. The molecule has 0 radical (unpaired) electrons. The normalized spacial score (nSPS) is 23.5. The van der Waals surface area contributed by atoms with Crippen LogP contribution in [-0.2, 0) is 5.66 Å². The number of nitrogens with zero attached hydrogens (tertiary/aromatic N) is 2. The molecule has 4 nitrogen and oxygen atoms in total. The average molecular weight is 541 g/mol. The van der Waals surface area contributed by atoms with Gasteiger partial charge in [0.15, 0.2) is 5.66 Å². The molecule has 4 atom stereocenters. The zero-order valence-electron chi connectivity index (χ0n) is 22.9. The lowest BCUT2D eigenvalue weighted by atomic mass is 9.97. The molecule has 0 spiro atoms. The van der Waals surface area contributed by atoms with Crippen LogP contribution in [0, 0.1) is 0 Å². The molecule has 1 saturated heterocycles. The molecule has 6 aromatic rings. The summed E-state index contributed by atoms with van der Waals surface area (Å²) >= 11 is 0. The van der Waals surface area contributed by atoms with E-state index in [0.717, 1.165) is 28.1 Å². The SMILES string of the molecule is C1=CC2=NC3(c4cccc(Nc5cc6[nH]c7ccccc7c6cc5-c5ccccc5)c4)C(c4ccccc4)N3C2C=C1. The van der Waals surface area contributed by atoms with Gasteiger partial charge in [-0.25, -0.2) is 0 Å². The van der Waals surface area contributed by atoms with Crippen molar-refractivity contribution in [1.82, 2.24) is 9.88 Å². The number of allylic oxidation sites excluding steroid dienone is 2. The second-order valence-electron chi connectivity index (χ2n) is 11.4. The first-order valence-corrected chi connectivity index (χ1v) is 14.6. The number of H-pyrrole nitrogens is 1. The van der Waals surface area contributed by atoms with E-state index in [2.05, 4.69) is 161 Å². The zero-order valence-corrected chi connectivity index (χ0v) is 22.9. The van der Waals surface area contributed by atoms with Crippen LogP contribution in [0.4, 0.5) is 11.4 Å². The Balaban J connectivity index is 1.16. The minimum atomic E-state index is -0.401. The van der Waals surface area contributed by atoms with Gasteiger partial charge in [-0.15, -0.1) is 0 Å². The third-order valence-electron chi connectivity index (χ3n) is 8.97. The fraction of sp³-hybridized carbons (Fsp3) is 0.0789. The van der Waals surface area contributed by atoms with Gasteiger partial charge in [0, 0.05) is 38.7 Å². The Kier molecular flexibility index (Phi) is 4.98. The summed E-state index contributed by atoms with van der Waals surface area (Å²) < 4.78 is 0. The summed E-state index contributed by atoms with van der Waals surface area (Å²) in [5.74, 6) is 0. The van der Waals surface area contributed by atoms with Crippen LogP contribution < -0.4 is 5.32 Å². The second-order valence-corrected chi connectivity index (χ2v) is 11.4. The number of hydrogen-bond acceptors (Lipinski definition) is 3. The molecule has 42 heavy (non-hydrogen) atoms. The summed E-state index contributed by atoms with van der Waals surface area (Å²) in [4.78, 5) is 11.6. The Morgan fingerprint density at radius 3 is 2.40 bits per heavy atom. The van der Waals surface area contributed by atoms with Crippen LogP contribution in [0.5, 0.6) is 0 Å². The van der Waals surface area contributed by atoms with Gasteiger partial charge < -0.3 is 10.3 Å². The largest absolute Gasteiger partial charge is 0.355 e. The van der Waals surface area contributed by atoms with E-state index in [1.54, 1.807) is 0 Å². The maximum atomic E-state index is 5.39. The van der Waals surface area contributed by atoms with Gasteiger partial charge in [0.2, 0.25) is 0 Å². The van der Waals surface area contributed by atoms with Crippen LogP contribution in [0.3, 0.4) is 0 Å². The van der Waals surface area contributed by atoms with Crippen molar-refractivity contribution in [2.24, 2.45) is 4.99 Å². The minimum Gasteiger partial charge on any atom is -0.355 e. The van der Waals surface area contributed by atoms with Crippen LogP contribution in [0.1, 0.15) is 17.2 Å². The molecule has 2 aliphatic heterocycles. The van der Waals surface area contributed by atoms with Crippen LogP contribution in [-0.4, -0.2) is 21.6 Å². The van der Waals surface area contributed by atoms with Crippen molar-refractivity contribution in [2.75, 3.05) is 5.32 Å². The lowest BCUT2D eigenvalue weighted by Crippen LogP contribution is -2.24. The fourth-order valence-electron chi connectivity index (χ4n) is 7.09. The third kappa shape index (κ3) is 3.42. The average Bonchev–Trinajstić information content (AvgIpc) is 3.38. The molecule has 2 N–H and O–H groups in total. The van der Waals surface area contributed by atoms with E-state index in [0.29, 0.717) is 0 Å². The molecule has 0 bridgehead atoms. The number of hydrogen-bond donors (Lipinski definition) is 2. The molecule has 9 rings (SSSR count). The van der Waals surface area contributed by atoms with Crippen molar-refractivity contribution in [3.8, 4) is 11.1 Å². The Hall–Kier alpha value is -5.19. The summed E-state index contributed by atoms with van der Waals surface area (Å²) in [5.41, 5.74) is 9.99. The quantitative estimate of drug-likeness (QED) is 0.214. The molecule has 5 aromatic carbocycles. The molecule has 1 fully saturated rings. The molecule has 3 aliphatic rings. The van der Waals surface area contributed by atoms with Gasteiger partial charge in [0.25, 0.3) is 0 Å². The van der Waals surface area contributed by atoms with E-state index in [4.69, 9.17) is 4.99 Å². The third-order valence-corrected chi connectivity index (χ3v) is 8.97. The highest BCUT2D eigenvalue weighted by molar-refractivity contribution is 6.10. The van der Waals surface area contributed by atoms with E-state index < -0.39 is 5.66 Å². The lowest BCUT2D eigenvalue weighted by molar-refractivity contribution is 0.448. The highest BCUT2D eigenvalue weighted by Gasteiger charge is 2.70. The van der Waals surface area contributed by atoms with Crippen molar-refractivity contribution >= 4 is 38.9 Å². The number of aliphatic imine (C=N–C) groups is 1. The Bertz CT molecular complexity index is 2090. The number of aromatic nitrogens is 1. The maximum absolute atomic E-state index is 5.39. The van der Waals surface area contributed by atoms with E-state index in [1.807, 2.05) is 0 Å². The molecular weight excluding hydrogens is 512 g/mol. The van der Waals surface area contributed by atoms with Gasteiger partial charge in [-0.1, -0.05) is 109 Å². The van der Waals surface area contributed by atoms with Crippen LogP contribution in [0.2, 0.25) is 0 Å². The molecule has 0 saturated carbocycles. The van der Waals surface area contributed by atoms with Gasteiger partial charge in [0.1, 0.15) is 0 Å². The van der Waals surface area contributed by atoms with Crippen LogP contribution >= 0.6 is 0 Å². The van der Waals surface area contributed by atoms with Gasteiger partial charge in [-0.05, 0) is 53.1 Å². The van der Waals surface area contributed by atoms with Crippen molar-refractivity contribution in [3.05, 3.63) is 157 Å². The molecule has 4 unspecified atom stereocenters. The Morgan fingerprint density at radius 1 is 0.714 bits per heavy atom. The Labute approximate surface area is 244 Å². The highest BCUT2D eigenvalue weighted by Crippen LogP contribution is 2.66. The lowest BCUT2D eigenvalue weighted by Gasteiger charge is -2.16. The standard InChI is InChI=1S/C38H28N4/c1-3-12-25(13-4-1)30-23-31-29-18-7-8-19-32(29)40-35(31)24-34(30)39-28-17-11-16-27(22-28)38-37(26-14-5-2-6-15-26)42(38)36-21-10-9-20-33(36)41-38/h1-24,36-37,39-40H. The highest BCUT2D eigenvalue weighted by atomic mass is 15.5. The predicted molar refractivity (Wildman–Crippen MR) is 173 cm³/mol. The number of benzene rings is 5. The van der Waals surface area contributed by atoms with E-state index in [-0.39, 0.29) is 12.1 Å². The molecule has 200 valence electrons. The van der Waals surface area contributed by atoms with Crippen molar-refractivity contribution in [2.45, 2.75) is 17.7 Å². The molecule has 4 heteroatoms. The molecule has 1 aliphatic carbocycles. The van der Waals surface area contributed by atoms with Crippen molar-refractivity contribution < 1.29 is 0 Å². The van der Waals surface area contributed by atoms with Gasteiger partial charge >= 0.3 is 0 Å². The number of fused-ring (bicyclic) bond motifs is 6. The number of aromatic amines is 1. The van der Waals surface area contributed by atoms with Crippen LogP contribution in [0.15, 0.2) is 151 Å². The molecule has 0 amide bonds. The van der Waals surface area contributed by atoms with Gasteiger partial charge in [0.05, 0.1) is 17.8 Å². The fourth-order valence-corrected chi connectivity index (χ4v) is 7.09. The zero-order chi connectivity index (χ0) is 27.7. The van der Waals surface area contributed by atoms with Crippen molar-refractivity contribution in [1.29, 1.82) is 0 Å². The Morgan fingerprint density at radius 2 is 1.52 bits per heavy atom. The maximum Gasteiger partial charge on any atom is 0.160 e. The van der Waals surface area contributed by atoms with E-state index in [1.165, 1.54) is 33.0 Å². The van der Waals surface area contributed by atoms with Gasteiger partial charge in [-0.2, -0.15) is 0 Å². The molecule has 1 aromatic heterocycles. The first-order chi connectivity index (χ1) is 20.8. The summed E-state index contributed by atoms with van der Waals surface area (Å²) in [6.45, 7) is 0. The first kappa shape index (κ1) is 23.5. The molecular formula is C38H28N4. The minimum absolute atomic E-state index is 0.200. The van der Waals surface area contributed by atoms with E-state index in [9.17, 15) is 0 Å². The number of para-hydroxylation sites is 1. The molecule has 3 heterocycles. The number of anilines is 2. The number of nitrogens with one attached hydrogen (secondary N) is 2. The summed E-state index contributed by atoms with van der Waals surface area (Å²) in [6, 6.07) is 43.7. The summed E-state index contributed by atoms with van der Waals surface area (Å²) in [7, 11) is 0. The van der Waals surface area contributed by atoms with Crippen LogP contribution in [0.25, 0.3) is 32.9 Å². The van der Waals surface area contributed by atoms with Gasteiger partial charge in [-0.3, -0.25) is 9.89 Å². The van der Waals surface area contributed by atoms with E-state index >= 15 is 0 Å². The smallest absolute Gasteiger partial charge is 0.160 e. The monoisotopic (exact) mass is 540 g/mol.